The molecular formula is C32H28Cl2F5N7O2. The first-order valence-corrected chi connectivity index (χ1v) is 16.1. The van der Waals surface area contributed by atoms with Crippen LogP contribution in [0.1, 0.15) is 31.2 Å². The Morgan fingerprint density at radius 2 is 2.06 bits per heavy atom. The Bertz CT molecular complexity index is 1900. The second-order valence-electron chi connectivity index (χ2n) is 12.9. The van der Waals surface area contributed by atoms with E-state index in [9.17, 15) is 22.8 Å². The van der Waals surface area contributed by atoms with Gasteiger partial charge in [-0.1, -0.05) is 23.2 Å². The lowest BCUT2D eigenvalue weighted by atomic mass is 9.95. The molecule has 3 fully saturated rings. The van der Waals surface area contributed by atoms with E-state index in [-0.39, 0.29) is 79.8 Å². The number of benzene rings is 2. The molecular weight excluding hydrogens is 680 g/mol. The summed E-state index contributed by atoms with van der Waals surface area (Å²) >= 11 is 12.8. The number of anilines is 2. The number of hydrogen-bond acceptors (Lipinski definition) is 8. The molecule has 7 rings (SSSR count). The molecule has 0 bridgehead atoms. The van der Waals surface area contributed by atoms with Gasteiger partial charge in [0.1, 0.15) is 36.8 Å². The zero-order valence-electron chi connectivity index (χ0n) is 25.3. The van der Waals surface area contributed by atoms with Crippen molar-refractivity contribution < 1.29 is 31.4 Å². The van der Waals surface area contributed by atoms with Crippen LogP contribution in [0.2, 0.25) is 10.0 Å². The molecule has 0 spiro atoms. The second-order valence-corrected chi connectivity index (χ2v) is 13.6. The normalized spacial score (nSPS) is 26.5. The number of nitriles is 1. The molecule has 9 nitrogen and oxygen atoms in total. The number of fused-ring (bicyclic) bond motifs is 1. The molecule has 4 aliphatic rings. The average molecular weight is 709 g/mol. The first-order valence-electron chi connectivity index (χ1n) is 15.4. The highest BCUT2D eigenvalue weighted by Crippen LogP contribution is 2.52. The van der Waals surface area contributed by atoms with Gasteiger partial charge < -0.3 is 25.0 Å². The molecule has 4 heterocycles. The van der Waals surface area contributed by atoms with Crippen LogP contribution in [0.4, 0.5) is 33.5 Å². The molecule has 5 atom stereocenters. The lowest BCUT2D eigenvalue weighted by Gasteiger charge is -2.31. The van der Waals surface area contributed by atoms with Crippen molar-refractivity contribution in [2.24, 2.45) is 11.8 Å². The predicted molar refractivity (Wildman–Crippen MR) is 168 cm³/mol. The molecule has 0 amide bonds. The van der Waals surface area contributed by atoms with E-state index in [2.05, 4.69) is 20.9 Å². The van der Waals surface area contributed by atoms with Gasteiger partial charge in [0.15, 0.2) is 11.6 Å². The Morgan fingerprint density at radius 3 is 2.77 bits per heavy atom. The van der Waals surface area contributed by atoms with Gasteiger partial charge in [-0.2, -0.15) is 28.4 Å². The zero-order chi connectivity index (χ0) is 34.1. The molecule has 252 valence electrons. The van der Waals surface area contributed by atoms with Crippen molar-refractivity contribution in [3.63, 3.8) is 0 Å². The zero-order valence-corrected chi connectivity index (χ0v) is 26.8. The minimum absolute atomic E-state index is 0.00253. The third-order valence-electron chi connectivity index (χ3n) is 9.79. The van der Waals surface area contributed by atoms with E-state index in [0.717, 1.165) is 18.6 Å². The number of halogens is 7. The van der Waals surface area contributed by atoms with Crippen LogP contribution in [0, 0.1) is 35.6 Å². The Labute approximate surface area is 282 Å². The summed E-state index contributed by atoms with van der Waals surface area (Å²) in [5, 5.41) is 8.23. The molecule has 0 radical (unpaired) electrons. The van der Waals surface area contributed by atoms with Gasteiger partial charge in [-0.05, 0) is 43.9 Å². The van der Waals surface area contributed by atoms with Gasteiger partial charge in [-0.3, -0.25) is 4.90 Å². The molecule has 2 N–H and O–H groups in total. The van der Waals surface area contributed by atoms with Gasteiger partial charge >= 0.3 is 12.2 Å². The maximum absolute atomic E-state index is 16.9. The summed E-state index contributed by atoms with van der Waals surface area (Å²) in [5.41, 5.74) is 1.93. The SMILES string of the molecule is [C-]#[N+]CC1COc2c(Cl)c(-c3cc(N)cc(Cl)c3C(F)(F)F)c(F)c3nc(OC[C@@]45CCCN4C[C@H](F)C5)nc(c23)N1CC1CC1C#N. The molecule has 3 aromatic rings. The van der Waals surface area contributed by atoms with Crippen molar-refractivity contribution in [1.29, 1.82) is 5.26 Å². The van der Waals surface area contributed by atoms with Crippen molar-refractivity contribution in [2.75, 3.05) is 50.0 Å². The van der Waals surface area contributed by atoms with E-state index >= 15 is 4.39 Å². The van der Waals surface area contributed by atoms with Crippen LogP contribution in [-0.4, -0.2) is 72.0 Å². The Kier molecular flexibility index (Phi) is 8.13. The third kappa shape index (κ3) is 5.48. The van der Waals surface area contributed by atoms with Crippen molar-refractivity contribution >= 4 is 45.6 Å². The van der Waals surface area contributed by atoms with E-state index in [0.29, 0.717) is 19.4 Å². The molecule has 2 aromatic carbocycles. The Balaban J connectivity index is 1.45. The standard InChI is InChI=1S/C32H28Cl2F5N7O2/c1-42-10-19-13-47-28-23-27(26(36)22(25(28)34)20-6-18(41)7-21(33)24(20)32(37,38)39)43-30(44-29(23)46(19)11-16-5-15(16)9-40)48-14-31-3-2-4-45(31)12-17(35)8-31/h6-7,15-17,19H,2-5,8,10-14,41H2/t15?,16?,17-,19?,31+/m1/s1. The van der Waals surface area contributed by atoms with Crippen molar-refractivity contribution in [1.82, 2.24) is 14.9 Å². The molecule has 3 aliphatic heterocycles. The van der Waals surface area contributed by atoms with E-state index in [1.165, 1.54) is 0 Å². The van der Waals surface area contributed by atoms with Crippen LogP contribution in [0.25, 0.3) is 26.9 Å². The largest absolute Gasteiger partial charge is 0.489 e. The highest BCUT2D eigenvalue weighted by Gasteiger charge is 2.50. The fraction of sp³-hybridized carbons (Fsp3) is 0.500. The number of alkyl halides is 4. The van der Waals surface area contributed by atoms with E-state index in [4.69, 9.17) is 45.0 Å². The fourth-order valence-corrected chi connectivity index (χ4v) is 8.10. The minimum atomic E-state index is -5.02. The number of rotatable bonds is 7. The monoisotopic (exact) mass is 707 g/mol. The van der Waals surface area contributed by atoms with Gasteiger partial charge in [-0.25, -0.2) is 15.4 Å². The molecule has 16 heteroatoms. The van der Waals surface area contributed by atoms with Crippen LogP contribution in [0.5, 0.6) is 11.8 Å². The summed E-state index contributed by atoms with van der Waals surface area (Å²) in [6, 6.07) is 3.14. The lowest BCUT2D eigenvalue weighted by Crippen LogP contribution is -2.44. The van der Waals surface area contributed by atoms with Gasteiger partial charge in [0.25, 0.3) is 0 Å². The van der Waals surface area contributed by atoms with Crippen LogP contribution in [0.3, 0.4) is 0 Å². The van der Waals surface area contributed by atoms with Crippen molar-refractivity contribution in [2.45, 2.75) is 49.6 Å². The summed E-state index contributed by atoms with van der Waals surface area (Å²) in [5.74, 6) is -1.61. The maximum Gasteiger partial charge on any atom is 0.418 e. The van der Waals surface area contributed by atoms with Crippen LogP contribution >= 0.6 is 23.2 Å². The second kappa shape index (κ2) is 11.9. The molecule has 1 saturated carbocycles. The molecule has 1 aliphatic carbocycles. The van der Waals surface area contributed by atoms with Gasteiger partial charge in [0.05, 0.1) is 38.5 Å². The summed E-state index contributed by atoms with van der Waals surface area (Å²) < 4.78 is 86.8. The third-order valence-corrected chi connectivity index (χ3v) is 10.5. The quantitative estimate of drug-likeness (QED) is 0.160. The van der Waals surface area contributed by atoms with E-state index in [1.807, 2.05) is 4.90 Å². The average Bonchev–Trinajstić information content (AvgIpc) is 3.60. The first-order chi connectivity index (χ1) is 22.8. The Morgan fingerprint density at radius 1 is 1.27 bits per heavy atom. The van der Waals surface area contributed by atoms with Crippen molar-refractivity contribution in [3.8, 4) is 29.0 Å². The first kappa shape index (κ1) is 32.7. The molecule has 2 saturated heterocycles. The Hall–Kier alpha value is -3.85. The number of ether oxygens (including phenoxy) is 2. The number of hydrogen-bond donors (Lipinski definition) is 1. The van der Waals surface area contributed by atoms with Gasteiger partial charge in [-0.15, -0.1) is 0 Å². The highest BCUT2D eigenvalue weighted by atomic mass is 35.5. The summed E-state index contributed by atoms with van der Waals surface area (Å²) in [7, 11) is 0. The van der Waals surface area contributed by atoms with E-state index < -0.39 is 62.0 Å². The summed E-state index contributed by atoms with van der Waals surface area (Å²) in [6.07, 6.45) is -3.70. The lowest BCUT2D eigenvalue weighted by molar-refractivity contribution is -0.137. The summed E-state index contributed by atoms with van der Waals surface area (Å²) in [6.45, 7) is 8.58. The molecule has 48 heavy (non-hydrogen) atoms. The van der Waals surface area contributed by atoms with E-state index in [1.54, 1.807) is 4.90 Å². The topological polar surface area (TPSA) is 105 Å². The predicted octanol–water partition coefficient (Wildman–Crippen LogP) is 6.95. The van der Waals surface area contributed by atoms with Gasteiger partial charge in [0.2, 0.25) is 6.54 Å². The smallest absolute Gasteiger partial charge is 0.418 e. The van der Waals surface area contributed by atoms with Crippen LogP contribution < -0.4 is 20.1 Å². The molecule has 1 aromatic heterocycles. The number of nitrogens with two attached hydrogens (primary N) is 1. The number of aromatic nitrogens is 2. The number of nitrogen functional groups attached to an aromatic ring is 1. The summed E-state index contributed by atoms with van der Waals surface area (Å²) in [4.78, 5) is 16.3. The van der Waals surface area contributed by atoms with Crippen LogP contribution in [-0.2, 0) is 6.18 Å². The van der Waals surface area contributed by atoms with Gasteiger partial charge in [0, 0.05) is 36.3 Å². The van der Waals surface area contributed by atoms with Crippen LogP contribution in [0.15, 0.2) is 12.1 Å². The highest BCUT2D eigenvalue weighted by molar-refractivity contribution is 6.37. The fourth-order valence-electron chi connectivity index (χ4n) is 7.43. The maximum atomic E-state index is 16.9. The number of nitrogens with zero attached hydrogens (tertiary/aromatic N) is 6. The molecule has 3 unspecified atom stereocenters. The van der Waals surface area contributed by atoms with Crippen molar-refractivity contribution in [3.05, 3.63) is 45.0 Å². The minimum Gasteiger partial charge on any atom is -0.489 e.